The molecular formula is C17H18N2O2. The smallest absolute Gasteiger partial charge is 0.119 e. The molecule has 0 amide bonds. The van der Waals surface area contributed by atoms with Crippen molar-refractivity contribution in [3.05, 3.63) is 53.6 Å². The van der Waals surface area contributed by atoms with E-state index in [1.165, 1.54) is 0 Å². The number of rotatable bonds is 4. The average molecular weight is 282 g/mol. The number of hydrogen-bond acceptors (Lipinski definition) is 4. The van der Waals surface area contributed by atoms with Crippen LogP contribution in [0, 0.1) is 11.3 Å². The second-order valence-electron chi connectivity index (χ2n) is 4.82. The molecule has 0 aliphatic carbocycles. The highest BCUT2D eigenvalue weighted by Gasteiger charge is 2.14. The first kappa shape index (κ1) is 14.9. The van der Waals surface area contributed by atoms with Crippen molar-refractivity contribution in [2.45, 2.75) is 13.0 Å². The van der Waals surface area contributed by atoms with Crippen LogP contribution in [0.5, 0.6) is 5.75 Å². The van der Waals surface area contributed by atoms with Crippen LogP contribution in [0.15, 0.2) is 42.5 Å². The highest BCUT2D eigenvalue weighted by Crippen LogP contribution is 2.32. The van der Waals surface area contributed by atoms with Crippen molar-refractivity contribution in [3.63, 3.8) is 0 Å². The van der Waals surface area contributed by atoms with Crippen LogP contribution in [0.1, 0.15) is 24.2 Å². The second-order valence-corrected chi connectivity index (χ2v) is 4.82. The van der Waals surface area contributed by atoms with Gasteiger partial charge in [0.2, 0.25) is 0 Å². The molecule has 0 aliphatic rings. The van der Waals surface area contributed by atoms with E-state index in [2.05, 4.69) is 6.07 Å². The van der Waals surface area contributed by atoms with Crippen LogP contribution >= 0.6 is 0 Å². The topological polar surface area (TPSA) is 56.5 Å². The Kier molecular flexibility index (Phi) is 4.46. The Hall–Kier alpha value is -2.51. The van der Waals surface area contributed by atoms with Crippen LogP contribution in [-0.4, -0.2) is 19.3 Å². The van der Waals surface area contributed by atoms with Crippen LogP contribution in [0.4, 0.5) is 11.4 Å². The number of benzene rings is 2. The van der Waals surface area contributed by atoms with Gasteiger partial charge in [0.05, 0.1) is 24.8 Å². The van der Waals surface area contributed by atoms with Crippen molar-refractivity contribution in [2.75, 3.05) is 19.1 Å². The minimum atomic E-state index is -0.603. The maximum atomic E-state index is 9.92. The Labute approximate surface area is 124 Å². The largest absolute Gasteiger partial charge is 0.497 e. The Balaban J connectivity index is 2.45. The predicted octanol–water partition coefficient (Wildman–Crippen LogP) is 3.39. The molecule has 2 rings (SSSR count). The number of ether oxygens (including phenoxy) is 1. The maximum absolute atomic E-state index is 9.92. The summed E-state index contributed by atoms with van der Waals surface area (Å²) in [5.74, 6) is 0.786. The standard InChI is InChI=1S/C17H18N2O2/c1-12(20)16-9-4-13(11-18)10-17(16)19(2)14-5-7-15(21-3)8-6-14/h4-10,12,20H,1-3H3. The number of aliphatic hydroxyl groups excluding tert-OH is 1. The first-order valence-electron chi connectivity index (χ1n) is 6.66. The van der Waals surface area contributed by atoms with Gasteiger partial charge in [-0.25, -0.2) is 0 Å². The van der Waals surface area contributed by atoms with Gasteiger partial charge in [0.25, 0.3) is 0 Å². The van der Waals surface area contributed by atoms with Crippen molar-refractivity contribution < 1.29 is 9.84 Å². The van der Waals surface area contributed by atoms with Crippen molar-refractivity contribution >= 4 is 11.4 Å². The lowest BCUT2D eigenvalue weighted by atomic mass is 10.0. The third kappa shape index (κ3) is 3.15. The normalized spacial score (nSPS) is 11.6. The van der Waals surface area contributed by atoms with E-state index >= 15 is 0 Å². The first-order valence-corrected chi connectivity index (χ1v) is 6.66. The Morgan fingerprint density at radius 3 is 2.38 bits per heavy atom. The zero-order chi connectivity index (χ0) is 15.4. The molecule has 1 atom stereocenters. The molecule has 2 aromatic rings. The number of methoxy groups -OCH3 is 1. The number of nitriles is 1. The van der Waals surface area contributed by atoms with Gasteiger partial charge in [-0.3, -0.25) is 0 Å². The van der Waals surface area contributed by atoms with Crippen LogP contribution in [0.25, 0.3) is 0 Å². The Morgan fingerprint density at radius 2 is 1.86 bits per heavy atom. The number of anilines is 2. The fourth-order valence-electron chi connectivity index (χ4n) is 2.20. The fourth-order valence-corrected chi connectivity index (χ4v) is 2.20. The van der Waals surface area contributed by atoms with E-state index in [1.807, 2.05) is 36.2 Å². The van der Waals surface area contributed by atoms with Crippen molar-refractivity contribution in [1.29, 1.82) is 5.26 Å². The monoisotopic (exact) mass is 282 g/mol. The van der Waals surface area contributed by atoms with E-state index in [4.69, 9.17) is 10.00 Å². The van der Waals surface area contributed by atoms with Gasteiger partial charge in [-0.15, -0.1) is 0 Å². The van der Waals surface area contributed by atoms with Crippen LogP contribution in [0.3, 0.4) is 0 Å². The number of nitrogens with zero attached hydrogens (tertiary/aromatic N) is 2. The predicted molar refractivity (Wildman–Crippen MR) is 82.8 cm³/mol. The summed E-state index contributed by atoms with van der Waals surface area (Å²) in [7, 11) is 3.53. The number of aliphatic hydroxyl groups is 1. The van der Waals surface area contributed by atoms with Crippen molar-refractivity contribution in [2.24, 2.45) is 0 Å². The molecular weight excluding hydrogens is 264 g/mol. The summed E-state index contributed by atoms with van der Waals surface area (Å²) in [6.07, 6.45) is -0.603. The minimum absolute atomic E-state index is 0.565. The molecule has 4 nitrogen and oxygen atoms in total. The lowest BCUT2D eigenvalue weighted by Gasteiger charge is -2.24. The lowest BCUT2D eigenvalue weighted by molar-refractivity contribution is 0.200. The summed E-state index contributed by atoms with van der Waals surface area (Å²) >= 11 is 0. The molecule has 0 spiro atoms. The van der Waals surface area contributed by atoms with Gasteiger partial charge in [-0.2, -0.15) is 5.26 Å². The summed E-state index contributed by atoms with van der Waals surface area (Å²) in [5, 5.41) is 19.0. The molecule has 1 unspecified atom stereocenters. The molecule has 0 bridgehead atoms. The van der Waals surface area contributed by atoms with E-state index in [-0.39, 0.29) is 0 Å². The first-order chi connectivity index (χ1) is 10.1. The van der Waals surface area contributed by atoms with Crippen molar-refractivity contribution in [1.82, 2.24) is 0 Å². The molecule has 0 aromatic heterocycles. The zero-order valence-electron chi connectivity index (χ0n) is 12.4. The molecule has 1 N–H and O–H groups in total. The molecule has 4 heteroatoms. The quantitative estimate of drug-likeness (QED) is 0.934. The minimum Gasteiger partial charge on any atom is -0.497 e. The SMILES string of the molecule is COc1ccc(N(C)c2cc(C#N)ccc2C(C)O)cc1. The molecule has 108 valence electrons. The van der Waals surface area contributed by atoms with E-state index in [0.29, 0.717) is 5.56 Å². The van der Waals surface area contributed by atoms with Gasteiger partial charge in [0, 0.05) is 24.0 Å². The highest BCUT2D eigenvalue weighted by molar-refractivity contribution is 5.68. The summed E-state index contributed by atoms with van der Waals surface area (Å²) in [6, 6.07) is 15.0. The van der Waals surface area contributed by atoms with Crippen LogP contribution < -0.4 is 9.64 Å². The molecule has 0 radical (unpaired) electrons. The summed E-state index contributed by atoms with van der Waals surface area (Å²) < 4.78 is 5.15. The lowest BCUT2D eigenvalue weighted by Crippen LogP contribution is -2.13. The van der Waals surface area contributed by atoms with E-state index in [1.54, 1.807) is 32.2 Å². The van der Waals surface area contributed by atoms with Crippen molar-refractivity contribution in [3.8, 4) is 11.8 Å². The second kappa shape index (κ2) is 6.29. The van der Waals surface area contributed by atoms with Gasteiger partial charge in [-0.05, 0) is 43.3 Å². The van der Waals surface area contributed by atoms with Gasteiger partial charge in [-0.1, -0.05) is 6.07 Å². The molecule has 0 aliphatic heterocycles. The molecule has 0 saturated heterocycles. The number of hydrogen-bond donors (Lipinski definition) is 1. The Bertz CT molecular complexity index is 657. The molecule has 21 heavy (non-hydrogen) atoms. The van der Waals surface area contributed by atoms with Gasteiger partial charge >= 0.3 is 0 Å². The fraction of sp³-hybridized carbons (Fsp3) is 0.235. The zero-order valence-corrected chi connectivity index (χ0v) is 12.4. The van der Waals surface area contributed by atoms with Gasteiger partial charge in [0.15, 0.2) is 0 Å². The van der Waals surface area contributed by atoms with Crippen LogP contribution in [-0.2, 0) is 0 Å². The summed E-state index contributed by atoms with van der Waals surface area (Å²) in [5.41, 5.74) is 3.11. The van der Waals surface area contributed by atoms with E-state index in [0.717, 1.165) is 22.7 Å². The summed E-state index contributed by atoms with van der Waals surface area (Å²) in [6.45, 7) is 1.72. The average Bonchev–Trinajstić information content (AvgIpc) is 2.53. The molecule has 0 fully saturated rings. The van der Waals surface area contributed by atoms with Gasteiger partial charge in [0.1, 0.15) is 5.75 Å². The third-order valence-corrected chi connectivity index (χ3v) is 3.43. The summed E-state index contributed by atoms with van der Waals surface area (Å²) in [4.78, 5) is 1.95. The molecule has 2 aromatic carbocycles. The maximum Gasteiger partial charge on any atom is 0.119 e. The van der Waals surface area contributed by atoms with E-state index < -0.39 is 6.10 Å². The molecule has 0 heterocycles. The van der Waals surface area contributed by atoms with Gasteiger partial charge < -0.3 is 14.7 Å². The third-order valence-electron chi connectivity index (χ3n) is 3.43. The molecule has 0 saturated carbocycles. The highest BCUT2D eigenvalue weighted by atomic mass is 16.5. The van der Waals surface area contributed by atoms with E-state index in [9.17, 15) is 5.11 Å². The Morgan fingerprint density at radius 1 is 1.19 bits per heavy atom. The van der Waals surface area contributed by atoms with Crippen LogP contribution in [0.2, 0.25) is 0 Å².